The molecule has 19 heavy (non-hydrogen) atoms. The van der Waals surface area contributed by atoms with Crippen LogP contribution in [0.15, 0.2) is 6.33 Å². The summed E-state index contributed by atoms with van der Waals surface area (Å²) < 4.78 is 2.03. The molecule has 102 valence electrons. The highest BCUT2D eigenvalue weighted by Gasteiger charge is 2.17. The molecule has 0 atom stereocenters. The molecule has 0 aromatic carbocycles. The van der Waals surface area contributed by atoms with E-state index in [1.165, 1.54) is 25.7 Å². The highest BCUT2D eigenvalue weighted by molar-refractivity contribution is 5.82. The molecule has 0 amide bonds. The van der Waals surface area contributed by atoms with Gasteiger partial charge >= 0.3 is 0 Å². The van der Waals surface area contributed by atoms with Gasteiger partial charge in [-0.15, -0.1) is 0 Å². The SMILES string of the molecule is CCCn1cnc2c(N)nc(NC3CCCC3)nc21. The Hall–Kier alpha value is -1.85. The van der Waals surface area contributed by atoms with Crippen molar-refractivity contribution >= 4 is 22.9 Å². The molecule has 2 heterocycles. The summed E-state index contributed by atoms with van der Waals surface area (Å²) in [5, 5.41) is 3.39. The molecule has 0 unspecified atom stereocenters. The van der Waals surface area contributed by atoms with Gasteiger partial charge in [-0.25, -0.2) is 4.98 Å². The Morgan fingerprint density at radius 1 is 1.37 bits per heavy atom. The van der Waals surface area contributed by atoms with Gasteiger partial charge in [0.2, 0.25) is 5.95 Å². The quantitative estimate of drug-likeness (QED) is 0.880. The number of hydrogen-bond donors (Lipinski definition) is 2. The van der Waals surface area contributed by atoms with E-state index in [4.69, 9.17) is 5.73 Å². The third kappa shape index (κ3) is 2.34. The summed E-state index contributed by atoms with van der Waals surface area (Å²) in [7, 11) is 0. The van der Waals surface area contributed by atoms with Crippen LogP contribution < -0.4 is 11.1 Å². The molecule has 0 radical (unpaired) electrons. The van der Waals surface area contributed by atoms with E-state index in [9.17, 15) is 0 Å². The maximum Gasteiger partial charge on any atom is 0.226 e. The first-order valence-electron chi connectivity index (χ1n) is 7.03. The van der Waals surface area contributed by atoms with Gasteiger partial charge in [0.05, 0.1) is 6.33 Å². The van der Waals surface area contributed by atoms with E-state index in [-0.39, 0.29) is 0 Å². The zero-order chi connectivity index (χ0) is 13.2. The van der Waals surface area contributed by atoms with Crippen molar-refractivity contribution in [1.29, 1.82) is 0 Å². The highest BCUT2D eigenvalue weighted by Crippen LogP contribution is 2.23. The first-order chi connectivity index (χ1) is 9.28. The lowest BCUT2D eigenvalue weighted by molar-refractivity contribution is 0.690. The van der Waals surface area contributed by atoms with Gasteiger partial charge in [-0.2, -0.15) is 9.97 Å². The van der Waals surface area contributed by atoms with Crippen molar-refractivity contribution in [3.05, 3.63) is 6.33 Å². The van der Waals surface area contributed by atoms with Crippen molar-refractivity contribution in [2.75, 3.05) is 11.1 Å². The van der Waals surface area contributed by atoms with E-state index >= 15 is 0 Å². The molecule has 1 aliphatic carbocycles. The number of nitrogens with zero attached hydrogens (tertiary/aromatic N) is 4. The van der Waals surface area contributed by atoms with E-state index < -0.39 is 0 Å². The molecule has 0 bridgehead atoms. The number of fused-ring (bicyclic) bond motifs is 1. The fourth-order valence-corrected chi connectivity index (χ4v) is 2.69. The average Bonchev–Trinajstić information content (AvgIpc) is 3.01. The lowest BCUT2D eigenvalue weighted by atomic mass is 10.2. The number of nitrogens with one attached hydrogen (secondary N) is 1. The molecule has 0 spiro atoms. The van der Waals surface area contributed by atoms with E-state index in [1.54, 1.807) is 6.33 Å². The minimum Gasteiger partial charge on any atom is -0.382 e. The molecule has 1 aliphatic rings. The third-order valence-electron chi connectivity index (χ3n) is 3.64. The second-order valence-corrected chi connectivity index (χ2v) is 5.17. The maximum absolute atomic E-state index is 5.97. The fraction of sp³-hybridized carbons (Fsp3) is 0.615. The van der Waals surface area contributed by atoms with E-state index in [2.05, 4.69) is 27.2 Å². The Kier molecular flexibility index (Phi) is 3.23. The van der Waals surface area contributed by atoms with Crippen molar-refractivity contribution in [2.24, 2.45) is 0 Å². The summed E-state index contributed by atoms with van der Waals surface area (Å²) in [6.07, 6.45) is 7.77. The van der Waals surface area contributed by atoms with Gasteiger partial charge < -0.3 is 15.6 Å². The lowest BCUT2D eigenvalue weighted by Crippen LogP contribution is -2.17. The van der Waals surface area contributed by atoms with Crippen molar-refractivity contribution < 1.29 is 0 Å². The number of anilines is 2. The van der Waals surface area contributed by atoms with Crippen LogP contribution in [0.1, 0.15) is 39.0 Å². The van der Waals surface area contributed by atoms with E-state index in [1.807, 2.05) is 4.57 Å². The number of nitrogens with two attached hydrogens (primary N) is 1. The summed E-state index contributed by atoms with van der Waals surface area (Å²) in [6, 6.07) is 0.486. The first-order valence-corrected chi connectivity index (χ1v) is 7.03. The number of aryl methyl sites for hydroxylation is 1. The summed E-state index contributed by atoms with van der Waals surface area (Å²) in [5.74, 6) is 1.09. The Labute approximate surface area is 112 Å². The van der Waals surface area contributed by atoms with Crippen LogP contribution in [-0.2, 0) is 6.54 Å². The smallest absolute Gasteiger partial charge is 0.226 e. The van der Waals surface area contributed by atoms with E-state index in [0.717, 1.165) is 18.6 Å². The van der Waals surface area contributed by atoms with Crippen molar-refractivity contribution in [3.63, 3.8) is 0 Å². The Balaban J connectivity index is 1.93. The summed E-state index contributed by atoms with van der Waals surface area (Å²) in [5.41, 5.74) is 7.50. The Morgan fingerprint density at radius 2 is 2.16 bits per heavy atom. The molecule has 2 aromatic rings. The first kappa shape index (κ1) is 12.2. The molecule has 1 saturated carbocycles. The number of hydrogen-bond acceptors (Lipinski definition) is 5. The van der Waals surface area contributed by atoms with Crippen molar-refractivity contribution in [3.8, 4) is 0 Å². The van der Waals surface area contributed by atoms with Crippen LogP contribution in [0.4, 0.5) is 11.8 Å². The van der Waals surface area contributed by atoms with Gasteiger partial charge in [0.25, 0.3) is 0 Å². The second kappa shape index (κ2) is 5.03. The van der Waals surface area contributed by atoms with Crippen LogP contribution in [0, 0.1) is 0 Å². The van der Waals surface area contributed by atoms with Crippen molar-refractivity contribution in [1.82, 2.24) is 19.5 Å². The van der Waals surface area contributed by atoms with Crippen LogP contribution >= 0.6 is 0 Å². The summed E-state index contributed by atoms with van der Waals surface area (Å²) in [6.45, 7) is 3.03. The molecule has 3 rings (SSSR count). The van der Waals surface area contributed by atoms with Crippen LogP contribution in [0.2, 0.25) is 0 Å². The highest BCUT2D eigenvalue weighted by atomic mass is 15.2. The molecule has 6 heteroatoms. The van der Waals surface area contributed by atoms with Crippen LogP contribution in [-0.4, -0.2) is 25.6 Å². The standard InChI is InChI=1S/C13H20N6/c1-2-7-19-8-15-10-11(14)17-13(18-12(10)19)16-9-5-3-4-6-9/h8-9H,2-7H2,1H3,(H3,14,16,17,18). The zero-order valence-electron chi connectivity index (χ0n) is 11.3. The van der Waals surface area contributed by atoms with Gasteiger partial charge in [-0.05, 0) is 19.3 Å². The fourth-order valence-electron chi connectivity index (χ4n) is 2.69. The molecule has 1 fully saturated rings. The van der Waals surface area contributed by atoms with Gasteiger partial charge in [-0.1, -0.05) is 19.8 Å². The normalized spacial score (nSPS) is 16.3. The monoisotopic (exact) mass is 260 g/mol. The minimum absolute atomic E-state index is 0.459. The van der Waals surface area contributed by atoms with Gasteiger partial charge in [0, 0.05) is 12.6 Å². The third-order valence-corrected chi connectivity index (χ3v) is 3.64. The second-order valence-electron chi connectivity index (χ2n) is 5.17. The Morgan fingerprint density at radius 3 is 2.89 bits per heavy atom. The predicted molar refractivity (Wildman–Crippen MR) is 75.9 cm³/mol. The maximum atomic E-state index is 5.97. The van der Waals surface area contributed by atoms with E-state index in [0.29, 0.717) is 23.3 Å². The zero-order valence-corrected chi connectivity index (χ0v) is 11.3. The number of rotatable bonds is 4. The topological polar surface area (TPSA) is 81.7 Å². The van der Waals surface area contributed by atoms with Crippen LogP contribution in [0.3, 0.4) is 0 Å². The Bertz CT molecular complexity index is 570. The molecule has 6 nitrogen and oxygen atoms in total. The summed E-state index contributed by atoms with van der Waals surface area (Å²) in [4.78, 5) is 13.2. The van der Waals surface area contributed by atoms with Crippen LogP contribution in [0.5, 0.6) is 0 Å². The molecule has 0 saturated heterocycles. The molecular weight excluding hydrogens is 240 g/mol. The summed E-state index contributed by atoms with van der Waals surface area (Å²) >= 11 is 0. The lowest BCUT2D eigenvalue weighted by Gasteiger charge is -2.12. The predicted octanol–water partition coefficient (Wildman–Crippen LogP) is 2.17. The average molecular weight is 260 g/mol. The number of aromatic nitrogens is 4. The minimum atomic E-state index is 0.459. The van der Waals surface area contributed by atoms with Crippen LogP contribution in [0.25, 0.3) is 11.2 Å². The number of imidazole rings is 1. The van der Waals surface area contributed by atoms with Gasteiger partial charge in [0.1, 0.15) is 5.52 Å². The van der Waals surface area contributed by atoms with Crippen molar-refractivity contribution in [2.45, 2.75) is 51.6 Å². The largest absolute Gasteiger partial charge is 0.382 e. The molecule has 0 aliphatic heterocycles. The van der Waals surface area contributed by atoms with Gasteiger partial charge in [0.15, 0.2) is 11.5 Å². The molecular formula is C13H20N6. The number of nitrogen functional groups attached to an aromatic ring is 1. The van der Waals surface area contributed by atoms with Gasteiger partial charge in [-0.3, -0.25) is 0 Å². The molecule has 2 aromatic heterocycles. The molecule has 3 N–H and O–H groups in total.